The molecule has 0 amide bonds. The van der Waals surface area contributed by atoms with Gasteiger partial charge in [0.2, 0.25) is 0 Å². The summed E-state index contributed by atoms with van der Waals surface area (Å²) in [6.07, 6.45) is 0. The van der Waals surface area contributed by atoms with E-state index in [1.807, 2.05) is 0 Å². The molecule has 2 rings (SSSR count). The SMILES string of the molecule is OCc1ccc(OCc2ccccc2OC(F)F)cc1. The van der Waals surface area contributed by atoms with Crippen molar-refractivity contribution in [2.45, 2.75) is 19.8 Å². The van der Waals surface area contributed by atoms with Crippen molar-refractivity contribution >= 4 is 0 Å². The highest BCUT2D eigenvalue weighted by atomic mass is 19.3. The summed E-state index contributed by atoms with van der Waals surface area (Å²) in [5.41, 5.74) is 1.32. The van der Waals surface area contributed by atoms with E-state index < -0.39 is 6.61 Å². The zero-order valence-corrected chi connectivity index (χ0v) is 10.6. The Bertz CT molecular complexity index is 541. The van der Waals surface area contributed by atoms with Gasteiger partial charge in [0.1, 0.15) is 18.1 Å². The van der Waals surface area contributed by atoms with Crippen molar-refractivity contribution in [1.29, 1.82) is 0 Å². The van der Waals surface area contributed by atoms with Crippen molar-refractivity contribution in [3.05, 3.63) is 59.7 Å². The van der Waals surface area contributed by atoms with Crippen LogP contribution in [0.3, 0.4) is 0 Å². The summed E-state index contributed by atoms with van der Waals surface area (Å²) in [4.78, 5) is 0. The molecule has 0 aliphatic carbocycles. The van der Waals surface area contributed by atoms with Gasteiger partial charge in [-0.15, -0.1) is 0 Å². The van der Waals surface area contributed by atoms with Crippen LogP contribution in [0.2, 0.25) is 0 Å². The lowest BCUT2D eigenvalue weighted by molar-refractivity contribution is -0.0508. The highest BCUT2D eigenvalue weighted by Gasteiger charge is 2.09. The maximum atomic E-state index is 12.3. The number of rotatable bonds is 6. The number of alkyl halides is 2. The van der Waals surface area contributed by atoms with Gasteiger partial charge >= 0.3 is 6.61 Å². The average molecular weight is 280 g/mol. The molecule has 2 aromatic carbocycles. The molecule has 0 unspecified atom stereocenters. The van der Waals surface area contributed by atoms with Crippen LogP contribution in [0.15, 0.2) is 48.5 Å². The van der Waals surface area contributed by atoms with E-state index in [9.17, 15) is 8.78 Å². The lowest BCUT2D eigenvalue weighted by atomic mass is 10.2. The topological polar surface area (TPSA) is 38.7 Å². The lowest BCUT2D eigenvalue weighted by Crippen LogP contribution is -2.06. The first-order valence-electron chi connectivity index (χ1n) is 6.04. The van der Waals surface area contributed by atoms with Gasteiger partial charge in [-0.2, -0.15) is 8.78 Å². The number of para-hydroxylation sites is 1. The second-order valence-corrected chi connectivity index (χ2v) is 4.08. The summed E-state index contributed by atoms with van der Waals surface area (Å²) in [5, 5.41) is 8.93. The van der Waals surface area contributed by atoms with E-state index in [1.165, 1.54) is 6.07 Å². The first-order chi connectivity index (χ1) is 9.69. The Kier molecular flexibility index (Phi) is 4.90. The van der Waals surface area contributed by atoms with Gasteiger partial charge in [-0.1, -0.05) is 30.3 Å². The molecule has 2 aromatic rings. The number of hydrogen-bond donors (Lipinski definition) is 1. The number of ether oxygens (including phenoxy) is 2. The van der Waals surface area contributed by atoms with Crippen LogP contribution in [-0.2, 0) is 13.2 Å². The van der Waals surface area contributed by atoms with Gasteiger partial charge < -0.3 is 14.6 Å². The first kappa shape index (κ1) is 14.3. The molecule has 3 nitrogen and oxygen atoms in total. The van der Waals surface area contributed by atoms with Gasteiger partial charge in [0, 0.05) is 5.56 Å². The van der Waals surface area contributed by atoms with Crippen LogP contribution in [0, 0.1) is 0 Å². The van der Waals surface area contributed by atoms with Crippen LogP contribution in [0.1, 0.15) is 11.1 Å². The predicted octanol–water partition coefficient (Wildman–Crippen LogP) is 3.36. The summed E-state index contributed by atoms with van der Waals surface area (Å²) < 4.78 is 34.5. The molecule has 0 atom stereocenters. The van der Waals surface area contributed by atoms with Crippen LogP contribution in [-0.4, -0.2) is 11.7 Å². The van der Waals surface area contributed by atoms with Crippen LogP contribution in [0.25, 0.3) is 0 Å². The Labute approximate surface area is 115 Å². The fraction of sp³-hybridized carbons (Fsp3) is 0.200. The van der Waals surface area contributed by atoms with Gasteiger partial charge in [-0.05, 0) is 23.8 Å². The van der Waals surface area contributed by atoms with E-state index in [4.69, 9.17) is 9.84 Å². The van der Waals surface area contributed by atoms with Crippen molar-refractivity contribution in [3.63, 3.8) is 0 Å². The zero-order chi connectivity index (χ0) is 14.4. The first-order valence-corrected chi connectivity index (χ1v) is 6.04. The fourth-order valence-corrected chi connectivity index (χ4v) is 1.69. The summed E-state index contributed by atoms with van der Waals surface area (Å²) in [6, 6.07) is 13.4. The number of aliphatic hydroxyl groups excluding tert-OH is 1. The molecule has 0 saturated carbocycles. The van der Waals surface area contributed by atoms with Crippen LogP contribution >= 0.6 is 0 Å². The maximum Gasteiger partial charge on any atom is 0.387 e. The Hall–Kier alpha value is -2.14. The van der Waals surface area contributed by atoms with E-state index in [2.05, 4.69) is 4.74 Å². The van der Waals surface area contributed by atoms with E-state index >= 15 is 0 Å². The Balaban J connectivity index is 2.02. The second-order valence-electron chi connectivity index (χ2n) is 4.08. The minimum Gasteiger partial charge on any atom is -0.489 e. The predicted molar refractivity (Wildman–Crippen MR) is 69.8 cm³/mol. The number of hydrogen-bond acceptors (Lipinski definition) is 3. The van der Waals surface area contributed by atoms with Gasteiger partial charge in [-0.25, -0.2) is 0 Å². The molecular formula is C15H14F2O3. The Morgan fingerprint density at radius 1 is 1.00 bits per heavy atom. The Morgan fingerprint density at radius 3 is 2.35 bits per heavy atom. The largest absolute Gasteiger partial charge is 0.489 e. The molecule has 0 aliphatic rings. The van der Waals surface area contributed by atoms with E-state index in [-0.39, 0.29) is 19.0 Å². The van der Waals surface area contributed by atoms with Gasteiger partial charge in [-0.3, -0.25) is 0 Å². The number of halogens is 2. The molecule has 0 saturated heterocycles. The molecule has 0 aromatic heterocycles. The zero-order valence-electron chi connectivity index (χ0n) is 10.6. The van der Waals surface area contributed by atoms with Gasteiger partial charge in [0.05, 0.1) is 6.61 Å². The minimum atomic E-state index is -2.86. The van der Waals surface area contributed by atoms with Gasteiger partial charge in [0.25, 0.3) is 0 Å². The maximum absolute atomic E-state index is 12.3. The smallest absolute Gasteiger partial charge is 0.387 e. The molecule has 0 fully saturated rings. The molecule has 0 radical (unpaired) electrons. The monoisotopic (exact) mass is 280 g/mol. The van der Waals surface area contributed by atoms with E-state index in [0.29, 0.717) is 11.3 Å². The molecule has 0 bridgehead atoms. The third kappa shape index (κ3) is 3.93. The van der Waals surface area contributed by atoms with Crippen LogP contribution in [0.5, 0.6) is 11.5 Å². The number of aliphatic hydroxyl groups is 1. The van der Waals surface area contributed by atoms with Crippen LogP contribution < -0.4 is 9.47 Å². The van der Waals surface area contributed by atoms with Crippen molar-refractivity contribution in [2.75, 3.05) is 0 Å². The molecular weight excluding hydrogens is 266 g/mol. The van der Waals surface area contributed by atoms with Crippen molar-refractivity contribution in [2.24, 2.45) is 0 Å². The summed E-state index contributed by atoms with van der Waals surface area (Å²) in [6.45, 7) is -2.77. The van der Waals surface area contributed by atoms with Crippen molar-refractivity contribution in [3.8, 4) is 11.5 Å². The molecule has 1 N–H and O–H groups in total. The summed E-state index contributed by atoms with van der Waals surface area (Å²) in [5.74, 6) is 0.698. The van der Waals surface area contributed by atoms with E-state index in [1.54, 1.807) is 42.5 Å². The van der Waals surface area contributed by atoms with Crippen molar-refractivity contribution in [1.82, 2.24) is 0 Å². The second kappa shape index (κ2) is 6.86. The average Bonchev–Trinajstić information content (AvgIpc) is 2.46. The van der Waals surface area contributed by atoms with E-state index in [0.717, 1.165) is 5.56 Å². The molecule has 0 aliphatic heterocycles. The van der Waals surface area contributed by atoms with Gasteiger partial charge in [0.15, 0.2) is 0 Å². The fourth-order valence-electron chi connectivity index (χ4n) is 1.69. The third-order valence-electron chi connectivity index (χ3n) is 2.69. The molecule has 5 heteroatoms. The lowest BCUT2D eigenvalue weighted by Gasteiger charge is -2.11. The normalized spacial score (nSPS) is 10.6. The highest BCUT2D eigenvalue weighted by Crippen LogP contribution is 2.22. The molecule has 0 spiro atoms. The Morgan fingerprint density at radius 2 is 1.70 bits per heavy atom. The highest BCUT2D eigenvalue weighted by molar-refractivity contribution is 5.34. The molecule has 20 heavy (non-hydrogen) atoms. The molecule has 0 heterocycles. The number of benzene rings is 2. The summed E-state index contributed by atoms with van der Waals surface area (Å²) >= 11 is 0. The molecule has 106 valence electrons. The quantitative estimate of drug-likeness (QED) is 0.881. The third-order valence-corrected chi connectivity index (χ3v) is 2.69. The van der Waals surface area contributed by atoms with Crippen molar-refractivity contribution < 1.29 is 23.4 Å². The standard InChI is InChI=1S/C15H14F2O3/c16-15(17)20-14-4-2-1-3-12(14)10-19-13-7-5-11(9-18)6-8-13/h1-8,15,18H,9-10H2. The van der Waals surface area contributed by atoms with Crippen LogP contribution in [0.4, 0.5) is 8.78 Å². The summed E-state index contributed by atoms with van der Waals surface area (Å²) in [7, 11) is 0. The minimum absolute atomic E-state index is 0.0364.